The molecule has 1 aromatic carbocycles. The second-order valence-corrected chi connectivity index (χ2v) is 10.4. The van der Waals surface area contributed by atoms with Gasteiger partial charge in [-0.05, 0) is 72.6 Å². The van der Waals surface area contributed by atoms with Crippen molar-refractivity contribution in [2.45, 2.75) is 39.2 Å². The summed E-state index contributed by atoms with van der Waals surface area (Å²) >= 11 is 13.0. The summed E-state index contributed by atoms with van der Waals surface area (Å²) in [5.74, 6) is 0.815. The summed E-state index contributed by atoms with van der Waals surface area (Å²) in [5, 5.41) is 13.4. The number of carboxylic acids is 1. The first-order chi connectivity index (χ1) is 15.2. The SMILES string of the molecule is CC1C=C(Cl)C=CC1[C@@H]1[C@H]2[C@H](C(=O)N[C@@H]2C)[C@H](C)C[C@H]1c1ccc(OCC(=O)O)cc1Cl. The molecule has 5 nitrogen and oxygen atoms in total. The second kappa shape index (κ2) is 9.11. The van der Waals surface area contributed by atoms with Crippen LogP contribution in [0.2, 0.25) is 5.02 Å². The molecule has 1 saturated heterocycles. The van der Waals surface area contributed by atoms with Crippen molar-refractivity contribution in [2.75, 3.05) is 6.61 Å². The molecule has 1 aromatic rings. The molecule has 1 heterocycles. The monoisotopic (exact) mass is 477 g/mol. The molecule has 3 aliphatic rings. The summed E-state index contributed by atoms with van der Waals surface area (Å²) in [6.45, 7) is 6.04. The Kier molecular flexibility index (Phi) is 6.60. The molecule has 32 heavy (non-hydrogen) atoms. The van der Waals surface area contributed by atoms with E-state index in [0.717, 1.165) is 17.0 Å². The van der Waals surface area contributed by atoms with E-state index in [9.17, 15) is 9.59 Å². The lowest BCUT2D eigenvalue weighted by Gasteiger charge is -2.48. The first kappa shape index (κ1) is 23.2. The Labute approximate surface area is 198 Å². The number of allylic oxidation sites excluding steroid dienone is 4. The van der Waals surface area contributed by atoms with Crippen LogP contribution in [0, 0.1) is 35.5 Å². The van der Waals surface area contributed by atoms with Crippen LogP contribution in [0.25, 0.3) is 0 Å². The van der Waals surface area contributed by atoms with Gasteiger partial charge in [-0.2, -0.15) is 0 Å². The third-order valence-corrected chi connectivity index (χ3v) is 8.08. The number of hydrogen-bond donors (Lipinski definition) is 2. The van der Waals surface area contributed by atoms with E-state index in [1.54, 1.807) is 12.1 Å². The second-order valence-electron chi connectivity index (χ2n) is 9.51. The van der Waals surface area contributed by atoms with Crippen LogP contribution in [0.5, 0.6) is 5.75 Å². The molecule has 0 aromatic heterocycles. The predicted molar refractivity (Wildman–Crippen MR) is 125 cm³/mol. The third kappa shape index (κ3) is 4.29. The van der Waals surface area contributed by atoms with Crippen molar-refractivity contribution in [3.8, 4) is 5.75 Å². The van der Waals surface area contributed by atoms with Crippen LogP contribution in [0.4, 0.5) is 0 Å². The number of carbonyl (C=O) groups is 2. The van der Waals surface area contributed by atoms with Gasteiger partial charge in [-0.25, -0.2) is 4.79 Å². The molecule has 1 amide bonds. The summed E-state index contributed by atoms with van der Waals surface area (Å²) in [4.78, 5) is 23.7. The molecule has 4 rings (SSSR count). The molecule has 2 unspecified atom stereocenters. The fourth-order valence-corrected chi connectivity index (χ4v) is 6.85. The Morgan fingerprint density at radius 2 is 1.97 bits per heavy atom. The average Bonchev–Trinajstić information content (AvgIpc) is 3.02. The number of benzene rings is 1. The quantitative estimate of drug-likeness (QED) is 0.607. The number of carbonyl (C=O) groups excluding carboxylic acids is 1. The number of fused-ring (bicyclic) bond motifs is 1. The Morgan fingerprint density at radius 3 is 2.62 bits per heavy atom. The van der Waals surface area contributed by atoms with E-state index in [1.807, 2.05) is 12.1 Å². The van der Waals surface area contributed by atoms with Gasteiger partial charge in [0.2, 0.25) is 5.91 Å². The lowest BCUT2D eigenvalue weighted by molar-refractivity contribution is -0.139. The minimum Gasteiger partial charge on any atom is -0.482 e. The fourth-order valence-electron chi connectivity index (χ4n) is 6.26. The predicted octanol–water partition coefficient (Wildman–Crippen LogP) is 5.24. The van der Waals surface area contributed by atoms with Gasteiger partial charge in [0.15, 0.2) is 6.61 Å². The molecule has 0 bridgehead atoms. The van der Waals surface area contributed by atoms with Gasteiger partial charge in [-0.1, -0.05) is 55.3 Å². The Morgan fingerprint density at radius 1 is 1.22 bits per heavy atom. The number of ether oxygens (including phenoxy) is 1. The summed E-state index contributed by atoms with van der Waals surface area (Å²) in [7, 11) is 0. The number of nitrogens with one attached hydrogen (secondary N) is 1. The van der Waals surface area contributed by atoms with Crippen LogP contribution >= 0.6 is 23.2 Å². The Balaban J connectivity index is 1.73. The molecule has 2 fully saturated rings. The standard InChI is InChI=1S/C25H29Cl2NO4/c1-12-8-15(26)4-6-17(12)24-19(9-13(2)22-23(24)14(3)28-25(22)31)18-7-5-16(10-20(18)27)32-11-21(29)30/h4-8,10,12-14,17,19,22-24H,9,11H2,1-3H3,(H,28,31)(H,29,30)/t12?,13-,14-,17?,19+,22-,23-,24+/m1/s1. The van der Waals surface area contributed by atoms with Gasteiger partial charge in [0.25, 0.3) is 0 Å². The van der Waals surface area contributed by atoms with E-state index in [1.165, 1.54) is 0 Å². The van der Waals surface area contributed by atoms with E-state index < -0.39 is 12.6 Å². The topological polar surface area (TPSA) is 75.6 Å². The number of carboxylic acid groups (broad SMARTS) is 1. The highest BCUT2D eigenvalue weighted by Gasteiger charge is 2.55. The van der Waals surface area contributed by atoms with Crippen molar-refractivity contribution in [3.05, 3.63) is 52.0 Å². The van der Waals surface area contributed by atoms with Gasteiger partial charge in [-0.15, -0.1) is 0 Å². The van der Waals surface area contributed by atoms with Crippen molar-refractivity contribution in [1.82, 2.24) is 5.32 Å². The minimum atomic E-state index is -1.03. The van der Waals surface area contributed by atoms with E-state index in [4.69, 9.17) is 33.0 Å². The number of hydrogen-bond acceptors (Lipinski definition) is 3. The molecule has 2 aliphatic carbocycles. The van der Waals surface area contributed by atoms with Crippen molar-refractivity contribution >= 4 is 35.1 Å². The number of amides is 1. The zero-order valence-corrected chi connectivity index (χ0v) is 19.9. The number of aliphatic carboxylic acids is 1. The van der Waals surface area contributed by atoms with Crippen LogP contribution in [-0.4, -0.2) is 29.6 Å². The lowest BCUT2D eigenvalue weighted by atomic mass is 9.55. The largest absolute Gasteiger partial charge is 0.482 e. The van der Waals surface area contributed by atoms with Crippen LogP contribution in [0.15, 0.2) is 41.5 Å². The summed E-state index contributed by atoms with van der Waals surface area (Å²) in [5.41, 5.74) is 1.03. The van der Waals surface area contributed by atoms with E-state index in [-0.39, 0.29) is 53.4 Å². The van der Waals surface area contributed by atoms with E-state index in [0.29, 0.717) is 10.8 Å². The maximum Gasteiger partial charge on any atom is 0.341 e. The summed E-state index contributed by atoms with van der Waals surface area (Å²) in [6.07, 6.45) is 7.12. The summed E-state index contributed by atoms with van der Waals surface area (Å²) < 4.78 is 5.31. The van der Waals surface area contributed by atoms with Gasteiger partial charge in [0, 0.05) is 22.0 Å². The van der Waals surface area contributed by atoms with Crippen LogP contribution < -0.4 is 10.1 Å². The van der Waals surface area contributed by atoms with Crippen molar-refractivity contribution in [1.29, 1.82) is 0 Å². The molecular formula is C25H29Cl2NO4. The average molecular weight is 478 g/mol. The van der Waals surface area contributed by atoms with Crippen LogP contribution in [-0.2, 0) is 9.59 Å². The van der Waals surface area contributed by atoms with Crippen molar-refractivity contribution in [3.63, 3.8) is 0 Å². The van der Waals surface area contributed by atoms with Crippen LogP contribution in [0.3, 0.4) is 0 Å². The zero-order valence-electron chi connectivity index (χ0n) is 18.4. The molecular weight excluding hydrogens is 449 g/mol. The normalized spacial score (nSPS) is 36.3. The van der Waals surface area contributed by atoms with Gasteiger partial charge in [-0.3, -0.25) is 4.79 Å². The zero-order chi connectivity index (χ0) is 23.2. The Bertz CT molecular complexity index is 975. The fraction of sp³-hybridized carbons (Fsp3) is 0.520. The molecule has 2 N–H and O–H groups in total. The van der Waals surface area contributed by atoms with Crippen molar-refractivity contribution in [2.24, 2.45) is 35.5 Å². The summed E-state index contributed by atoms with van der Waals surface area (Å²) in [6, 6.07) is 5.53. The maximum atomic E-state index is 12.8. The molecule has 172 valence electrons. The Hall–Kier alpha value is -1.98. The van der Waals surface area contributed by atoms with Gasteiger partial charge in [0.05, 0.1) is 0 Å². The molecule has 1 aliphatic heterocycles. The van der Waals surface area contributed by atoms with Gasteiger partial charge < -0.3 is 15.2 Å². The van der Waals surface area contributed by atoms with E-state index >= 15 is 0 Å². The first-order valence-electron chi connectivity index (χ1n) is 11.2. The van der Waals surface area contributed by atoms with Crippen LogP contribution in [0.1, 0.15) is 38.7 Å². The molecule has 8 atom stereocenters. The van der Waals surface area contributed by atoms with E-state index in [2.05, 4.69) is 38.2 Å². The first-order valence-corrected chi connectivity index (χ1v) is 11.9. The maximum absolute atomic E-state index is 12.8. The molecule has 0 radical (unpaired) electrons. The highest BCUT2D eigenvalue weighted by molar-refractivity contribution is 6.31. The third-order valence-electron chi connectivity index (χ3n) is 7.50. The van der Waals surface area contributed by atoms with Crippen molar-refractivity contribution < 1.29 is 19.4 Å². The molecule has 0 spiro atoms. The van der Waals surface area contributed by atoms with Gasteiger partial charge in [0.1, 0.15) is 5.75 Å². The smallest absolute Gasteiger partial charge is 0.341 e. The highest BCUT2D eigenvalue weighted by atomic mass is 35.5. The molecule has 7 heteroatoms. The highest BCUT2D eigenvalue weighted by Crippen LogP contribution is 2.56. The number of halogens is 2. The lowest BCUT2D eigenvalue weighted by Crippen LogP contribution is -2.45. The van der Waals surface area contributed by atoms with Gasteiger partial charge >= 0.3 is 5.97 Å². The minimum absolute atomic E-state index is 0.00910. The number of rotatable bonds is 5. The molecule has 1 saturated carbocycles.